The Labute approximate surface area is 133 Å². The van der Waals surface area contributed by atoms with Gasteiger partial charge in [0.05, 0.1) is 12.0 Å². The Morgan fingerprint density at radius 1 is 1.26 bits per heavy atom. The third kappa shape index (κ3) is 4.68. The normalized spacial score (nSPS) is 18.0. The van der Waals surface area contributed by atoms with Crippen LogP contribution in [0, 0.1) is 17.5 Å². The van der Waals surface area contributed by atoms with Crippen LogP contribution in [0.25, 0.3) is 0 Å². The molecule has 1 amide bonds. The van der Waals surface area contributed by atoms with Crippen LogP contribution in [-0.2, 0) is 11.2 Å². The molecule has 1 aromatic rings. The van der Waals surface area contributed by atoms with Gasteiger partial charge in [0.25, 0.3) is 0 Å². The van der Waals surface area contributed by atoms with Crippen LogP contribution in [0.5, 0.6) is 0 Å². The molecule has 4 nitrogen and oxygen atoms in total. The highest BCUT2D eigenvalue weighted by Crippen LogP contribution is 2.24. The molecule has 0 aliphatic carbocycles. The first-order valence-corrected chi connectivity index (χ1v) is 7.61. The Bertz CT molecular complexity index is 573. The number of carbonyl (C=O) groups excluding carboxylic acids is 1. The summed E-state index contributed by atoms with van der Waals surface area (Å²) in [6.45, 7) is 1.85. The molecule has 0 spiro atoms. The molecule has 1 aliphatic rings. The van der Waals surface area contributed by atoms with Crippen molar-refractivity contribution >= 4 is 5.91 Å². The second kappa shape index (κ2) is 7.31. The zero-order valence-corrected chi connectivity index (χ0v) is 13.0. The van der Waals surface area contributed by atoms with E-state index < -0.39 is 29.0 Å². The van der Waals surface area contributed by atoms with E-state index >= 15 is 0 Å². The number of aliphatic hydroxyl groups is 1. The zero-order valence-electron chi connectivity index (χ0n) is 13.0. The molecule has 2 rings (SSSR count). The van der Waals surface area contributed by atoms with Crippen molar-refractivity contribution in [3.05, 3.63) is 35.1 Å². The van der Waals surface area contributed by atoms with Crippen LogP contribution >= 0.6 is 0 Å². The Kier molecular flexibility index (Phi) is 5.64. The molecule has 128 valence electrons. The molecule has 0 radical (unpaired) electrons. The van der Waals surface area contributed by atoms with E-state index in [1.54, 1.807) is 0 Å². The fourth-order valence-electron chi connectivity index (χ4n) is 2.66. The molecule has 23 heavy (non-hydrogen) atoms. The minimum absolute atomic E-state index is 0.195. The molecule has 0 saturated carbocycles. The third-order valence-corrected chi connectivity index (χ3v) is 4.30. The molecule has 1 aliphatic heterocycles. The van der Waals surface area contributed by atoms with Crippen LogP contribution in [0.4, 0.5) is 13.2 Å². The highest BCUT2D eigenvalue weighted by Gasteiger charge is 2.30. The number of benzene rings is 1. The quantitative estimate of drug-likeness (QED) is 0.807. The lowest BCUT2D eigenvalue weighted by Crippen LogP contribution is -2.44. The van der Waals surface area contributed by atoms with E-state index in [0.717, 1.165) is 25.2 Å². The minimum Gasteiger partial charge on any atom is -0.390 e. The van der Waals surface area contributed by atoms with Gasteiger partial charge in [0, 0.05) is 25.2 Å². The van der Waals surface area contributed by atoms with Crippen molar-refractivity contribution in [2.75, 3.05) is 26.7 Å². The molecule has 1 fully saturated rings. The summed E-state index contributed by atoms with van der Waals surface area (Å²) in [5.74, 6) is -4.69. The van der Waals surface area contributed by atoms with Gasteiger partial charge in [-0.15, -0.1) is 0 Å². The van der Waals surface area contributed by atoms with Gasteiger partial charge in [-0.1, -0.05) is 6.07 Å². The van der Waals surface area contributed by atoms with Gasteiger partial charge in [-0.3, -0.25) is 4.79 Å². The summed E-state index contributed by atoms with van der Waals surface area (Å²) < 4.78 is 39.4. The van der Waals surface area contributed by atoms with E-state index in [1.807, 2.05) is 7.05 Å². The topological polar surface area (TPSA) is 52.6 Å². The molecule has 1 aromatic carbocycles. The lowest BCUT2D eigenvalue weighted by atomic mass is 9.88. The molecule has 7 heteroatoms. The number of nitrogens with zero attached hydrogens (tertiary/aromatic N) is 1. The minimum atomic E-state index is -1.57. The molecule has 1 heterocycles. The molecular weight excluding hydrogens is 309 g/mol. The summed E-state index contributed by atoms with van der Waals surface area (Å²) in [4.78, 5) is 13.9. The number of halogens is 3. The third-order valence-electron chi connectivity index (χ3n) is 4.30. The second-order valence-corrected chi connectivity index (χ2v) is 6.14. The molecule has 1 saturated heterocycles. The van der Waals surface area contributed by atoms with Crippen molar-refractivity contribution in [2.45, 2.75) is 31.3 Å². The maximum absolute atomic E-state index is 13.5. The van der Waals surface area contributed by atoms with Crippen LogP contribution in [0.2, 0.25) is 0 Å². The van der Waals surface area contributed by atoms with Crippen LogP contribution in [0.15, 0.2) is 12.1 Å². The first kappa shape index (κ1) is 17.7. The number of carbonyl (C=O) groups is 1. The Morgan fingerprint density at radius 2 is 1.91 bits per heavy atom. The summed E-state index contributed by atoms with van der Waals surface area (Å²) >= 11 is 0. The fraction of sp³-hybridized carbons (Fsp3) is 0.562. The number of hydrogen-bond donors (Lipinski definition) is 2. The van der Waals surface area contributed by atoms with E-state index in [2.05, 4.69) is 10.2 Å². The Hall–Kier alpha value is -1.60. The van der Waals surface area contributed by atoms with Crippen molar-refractivity contribution in [1.29, 1.82) is 0 Å². The van der Waals surface area contributed by atoms with Crippen molar-refractivity contribution in [1.82, 2.24) is 10.2 Å². The number of rotatable bonds is 5. The average Bonchev–Trinajstić information content (AvgIpc) is 2.51. The standard InChI is InChI=1S/C16H21F3N2O2/c1-21-8-5-16(23,6-9-21)4-7-20-13(22)10-11-2-3-12(17)15(19)14(11)18/h2-3,23H,4-10H2,1H3,(H,20,22). The predicted octanol–water partition coefficient (Wildman–Crippen LogP) is 1.61. The maximum atomic E-state index is 13.5. The Morgan fingerprint density at radius 3 is 2.57 bits per heavy atom. The lowest BCUT2D eigenvalue weighted by Gasteiger charge is -2.36. The summed E-state index contributed by atoms with van der Waals surface area (Å²) in [7, 11) is 1.98. The molecule has 0 atom stereocenters. The van der Waals surface area contributed by atoms with Gasteiger partial charge < -0.3 is 15.3 Å². The lowest BCUT2D eigenvalue weighted by molar-refractivity contribution is -0.120. The predicted molar refractivity (Wildman–Crippen MR) is 79.3 cm³/mol. The summed E-state index contributed by atoms with van der Waals surface area (Å²) in [6.07, 6.45) is 1.31. The van der Waals surface area contributed by atoms with Crippen molar-refractivity contribution in [3.63, 3.8) is 0 Å². The molecule has 0 aromatic heterocycles. The smallest absolute Gasteiger partial charge is 0.224 e. The van der Waals surface area contributed by atoms with Gasteiger partial charge in [-0.25, -0.2) is 13.2 Å². The monoisotopic (exact) mass is 330 g/mol. The number of nitrogens with one attached hydrogen (secondary N) is 1. The van der Waals surface area contributed by atoms with E-state index in [9.17, 15) is 23.1 Å². The van der Waals surface area contributed by atoms with Gasteiger partial charge in [0.15, 0.2) is 17.5 Å². The van der Waals surface area contributed by atoms with Crippen molar-refractivity contribution in [3.8, 4) is 0 Å². The van der Waals surface area contributed by atoms with Gasteiger partial charge in [-0.2, -0.15) is 0 Å². The van der Waals surface area contributed by atoms with Gasteiger partial charge in [0.2, 0.25) is 5.91 Å². The van der Waals surface area contributed by atoms with Gasteiger partial charge in [-0.05, 0) is 32.4 Å². The van der Waals surface area contributed by atoms with E-state index in [0.29, 0.717) is 19.3 Å². The molecule has 0 bridgehead atoms. The highest BCUT2D eigenvalue weighted by molar-refractivity contribution is 5.78. The highest BCUT2D eigenvalue weighted by atomic mass is 19.2. The Balaban J connectivity index is 1.81. The molecule has 2 N–H and O–H groups in total. The largest absolute Gasteiger partial charge is 0.390 e. The maximum Gasteiger partial charge on any atom is 0.224 e. The number of amides is 1. The average molecular weight is 330 g/mol. The SMILES string of the molecule is CN1CCC(O)(CCNC(=O)Cc2ccc(F)c(F)c2F)CC1. The second-order valence-electron chi connectivity index (χ2n) is 6.14. The zero-order chi connectivity index (χ0) is 17.0. The van der Waals surface area contributed by atoms with E-state index in [-0.39, 0.29) is 18.5 Å². The first-order chi connectivity index (χ1) is 10.8. The first-order valence-electron chi connectivity index (χ1n) is 7.61. The van der Waals surface area contributed by atoms with Crippen LogP contribution in [0.3, 0.4) is 0 Å². The summed E-state index contributed by atoms with van der Waals surface area (Å²) in [5, 5.41) is 13.0. The van der Waals surface area contributed by atoms with Crippen molar-refractivity contribution in [2.24, 2.45) is 0 Å². The number of likely N-dealkylation sites (tertiary alicyclic amines) is 1. The van der Waals surface area contributed by atoms with Gasteiger partial charge in [0.1, 0.15) is 0 Å². The van der Waals surface area contributed by atoms with Crippen LogP contribution in [0.1, 0.15) is 24.8 Å². The van der Waals surface area contributed by atoms with Gasteiger partial charge >= 0.3 is 0 Å². The number of piperidine rings is 1. The van der Waals surface area contributed by atoms with E-state index in [4.69, 9.17) is 0 Å². The van der Waals surface area contributed by atoms with Crippen molar-refractivity contribution < 1.29 is 23.1 Å². The van der Waals surface area contributed by atoms with Crippen LogP contribution in [-0.4, -0.2) is 48.2 Å². The fourth-order valence-corrected chi connectivity index (χ4v) is 2.66. The summed E-state index contributed by atoms with van der Waals surface area (Å²) in [5.41, 5.74) is -0.994. The molecular formula is C16H21F3N2O2. The van der Waals surface area contributed by atoms with Crippen LogP contribution < -0.4 is 5.32 Å². The molecule has 0 unspecified atom stereocenters. The van der Waals surface area contributed by atoms with E-state index in [1.165, 1.54) is 0 Å². The number of hydrogen-bond acceptors (Lipinski definition) is 3. The summed E-state index contributed by atoms with van der Waals surface area (Å²) in [6, 6.07) is 1.85.